The Morgan fingerprint density at radius 1 is 1.04 bits per heavy atom. The lowest BCUT2D eigenvalue weighted by Crippen LogP contribution is -2.39. The van der Waals surface area contributed by atoms with Crippen molar-refractivity contribution in [1.82, 2.24) is 9.21 Å². The third-order valence-corrected chi connectivity index (χ3v) is 7.26. The van der Waals surface area contributed by atoms with E-state index in [9.17, 15) is 13.2 Å². The lowest BCUT2D eigenvalue weighted by atomic mass is 9.99. The van der Waals surface area contributed by atoms with Crippen LogP contribution in [0.25, 0.3) is 0 Å². The smallest absolute Gasteiger partial charge is 0.243 e. The largest absolute Gasteiger partial charge is 0.341 e. The first kappa shape index (κ1) is 21.2. The van der Waals surface area contributed by atoms with E-state index in [2.05, 4.69) is 0 Å². The van der Waals surface area contributed by atoms with Crippen LogP contribution in [0.15, 0.2) is 35.2 Å². The maximum absolute atomic E-state index is 12.7. The summed E-state index contributed by atoms with van der Waals surface area (Å²) in [6.45, 7) is 1.86. The molecule has 1 aromatic rings. The highest BCUT2D eigenvalue weighted by Gasteiger charge is 2.31. The van der Waals surface area contributed by atoms with Crippen LogP contribution in [0.2, 0.25) is 0 Å². The summed E-state index contributed by atoms with van der Waals surface area (Å²) in [7, 11) is -3.49. The van der Waals surface area contributed by atoms with Gasteiger partial charge in [-0.3, -0.25) is 4.79 Å². The summed E-state index contributed by atoms with van der Waals surface area (Å²) in [6, 6.07) is 8.62. The lowest BCUT2D eigenvalue weighted by molar-refractivity contribution is -0.132. The van der Waals surface area contributed by atoms with Crippen molar-refractivity contribution in [1.29, 1.82) is 0 Å². The van der Waals surface area contributed by atoms with Crippen LogP contribution in [-0.2, 0) is 14.8 Å². The zero-order valence-corrected chi connectivity index (χ0v) is 16.6. The van der Waals surface area contributed by atoms with E-state index >= 15 is 0 Å². The van der Waals surface area contributed by atoms with Crippen molar-refractivity contribution >= 4 is 28.3 Å². The SMILES string of the molecule is Cl.N[C@@H]1CCC[C@H]1CC(=O)N1CCCN(S(=O)(=O)c2ccccc2)CC1. The van der Waals surface area contributed by atoms with Gasteiger partial charge in [0.2, 0.25) is 15.9 Å². The first-order valence-corrected chi connectivity index (χ1v) is 10.5. The lowest BCUT2D eigenvalue weighted by Gasteiger charge is -2.24. The molecule has 0 aromatic heterocycles. The molecule has 2 N–H and O–H groups in total. The summed E-state index contributed by atoms with van der Waals surface area (Å²) >= 11 is 0. The minimum Gasteiger partial charge on any atom is -0.341 e. The van der Waals surface area contributed by atoms with E-state index in [0.29, 0.717) is 43.9 Å². The number of hydrogen-bond donors (Lipinski definition) is 1. The van der Waals surface area contributed by atoms with E-state index in [1.165, 1.54) is 4.31 Å². The quantitative estimate of drug-likeness (QED) is 0.834. The van der Waals surface area contributed by atoms with E-state index < -0.39 is 10.0 Å². The van der Waals surface area contributed by atoms with Gasteiger partial charge in [-0.1, -0.05) is 24.6 Å². The molecular formula is C18H28ClN3O3S. The summed E-state index contributed by atoms with van der Waals surface area (Å²) in [5.74, 6) is 0.390. The van der Waals surface area contributed by atoms with Gasteiger partial charge in [-0.05, 0) is 37.3 Å². The van der Waals surface area contributed by atoms with Crippen LogP contribution in [-0.4, -0.2) is 55.8 Å². The molecule has 1 aliphatic heterocycles. The molecule has 1 aromatic carbocycles. The predicted molar refractivity (Wildman–Crippen MR) is 104 cm³/mol. The Labute approximate surface area is 162 Å². The van der Waals surface area contributed by atoms with Crippen LogP contribution < -0.4 is 5.73 Å². The highest BCUT2D eigenvalue weighted by atomic mass is 35.5. The molecule has 1 saturated carbocycles. The van der Waals surface area contributed by atoms with Crippen LogP contribution in [0, 0.1) is 5.92 Å². The zero-order chi connectivity index (χ0) is 17.9. The van der Waals surface area contributed by atoms with Gasteiger partial charge in [-0.25, -0.2) is 8.42 Å². The Bertz CT molecular complexity index is 699. The van der Waals surface area contributed by atoms with Crippen molar-refractivity contribution in [2.45, 2.75) is 43.0 Å². The van der Waals surface area contributed by atoms with Crippen LogP contribution in [0.3, 0.4) is 0 Å². The van der Waals surface area contributed by atoms with Crippen molar-refractivity contribution in [3.8, 4) is 0 Å². The van der Waals surface area contributed by atoms with Crippen molar-refractivity contribution < 1.29 is 13.2 Å². The number of benzene rings is 1. The average Bonchev–Trinajstić information content (AvgIpc) is 2.87. The van der Waals surface area contributed by atoms with Crippen molar-refractivity contribution in [2.24, 2.45) is 11.7 Å². The molecule has 0 unspecified atom stereocenters. The number of rotatable bonds is 4. The molecule has 2 fully saturated rings. The van der Waals surface area contributed by atoms with Crippen LogP contribution >= 0.6 is 12.4 Å². The molecule has 1 saturated heterocycles. The maximum Gasteiger partial charge on any atom is 0.243 e. The number of sulfonamides is 1. The first-order chi connectivity index (χ1) is 12.0. The molecule has 26 heavy (non-hydrogen) atoms. The van der Waals surface area contributed by atoms with E-state index in [-0.39, 0.29) is 30.3 Å². The van der Waals surface area contributed by atoms with Crippen LogP contribution in [0.1, 0.15) is 32.1 Å². The second kappa shape index (κ2) is 9.17. The Hall–Kier alpha value is -1.15. The number of carbonyl (C=O) groups is 1. The van der Waals surface area contributed by atoms with Gasteiger partial charge >= 0.3 is 0 Å². The highest BCUT2D eigenvalue weighted by Crippen LogP contribution is 2.27. The first-order valence-electron chi connectivity index (χ1n) is 9.07. The standard InChI is InChI=1S/C18H27N3O3S.ClH/c19-17-9-4-6-15(17)14-18(22)20-10-5-11-21(13-12-20)25(23,24)16-7-2-1-3-8-16;/h1-3,7-8,15,17H,4-6,9-14,19H2;1H/t15-,17+;/m0./s1. The number of carbonyl (C=O) groups excluding carboxylic acids is 1. The summed E-state index contributed by atoms with van der Waals surface area (Å²) < 4.78 is 27.0. The maximum atomic E-state index is 12.7. The molecule has 0 radical (unpaired) electrons. The van der Waals surface area contributed by atoms with Gasteiger partial charge in [-0.15, -0.1) is 12.4 Å². The molecule has 1 amide bonds. The molecule has 6 nitrogen and oxygen atoms in total. The zero-order valence-electron chi connectivity index (χ0n) is 14.9. The Balaban J connectivity index is 0.00000243. The van der Waals surface area contributed by atoms with Gasteiger partial charge < -0.3 is 10.6 Å². The second-order valence-corrected chi connectivity index (χ2v) is 8.95. The van der Waals surface area contributed by atoms with Crippen LogP contribution in [0.5, 0.6) is 0 Å². The van der Waals surface area contributed by atoms with Gasteiger partial charge in [0.1, 0.15) is 0 Å². The summed E-state index contributed by atoms with van der Waals surface area (Å²) in [5, 5.41) is 0. The van der Waals surface area contributed by atoms with Gasteiger partial charge in [-0.2, -0.15) is 4.31 Å². The van der Waals surface area contributed by atoms with E-state index in [0.717, 1.165) is 19.3 Å². The summed E-state index contributed by atoms with van der Waals surface area (Å²) in [6.07, 6.45) is 4.28. The van der Waals surface area contributed by atoms with Crippen molar-refractivity contribution in [3.63, 3.8) is 0 Å². The summed E-state index contributed by atoms with van der Waals surface area (Å²) in [4.78, 5) is 14.7. The van der Waals surface area contributed by atoms with E-state index in [1.807, 2.05) is 4.90 Å². The van der Waals surface area contributed by atoms with Gasteiger partial charge in [0.25, 0.3) is 0 Å². The highest BCUT2D eigenvalue weighted by molar-refractivity contribution is 7.89. The third kappa shape index (κ3) is 4.76. The molecule has 3 rings (SSSR count). The number of amides is 1. The minimum atomic E-state index is -3.49. The van der Waals surface area contributed by atoms with Gasteiger partial charge in [0, 0.05) is 38.6 Å². The number of nitrogens with two attached hydrogens (primary N) is 1. The molecule has 8 heteroatoms. The Morgan fingerprint density at radius 3 is 2.42 bits per heavy atom. The van der Waals surface area contributed by atoms with Gasteiger partial charge in [0.05, 0.1) is 4.90 Å². The van der Waals surface area contributed by atoms with Crippen molar-refractivity contribution in [3.05, 3.63) is 30.3 Å². The summed E-state index contributed by atoms with van der Waals surface area (Å²) in [5.41, 5.74) is 6.07. The molecule has 2 atom stereocenters. The van der Waals surface area contributed by atoms with Crippen molar-refractivity contribution in [2.75, 3.05) is 26.2 Å². The van der Waals surface area contributed by atoms with E-state index in [1.54, 1.807) is 30.3 Å². The molecule has 1 heterocycles. The molecule has 2 aliphatic rings. The van der Waals surface area contributed by atoms with Crippen LogP contribution in [0.4, 0.5) is 0 Å². The number of halogens is 1. The second-order valence-electron chi connectivity index (χ2n) is 7.01. The minimum absolute atomic E-state index is 0. The van der Waals surface area contributed by atoms with E-state index in [4.69, 9.17) is 5.73 Å². The topological polar surface area (TPSA) is 83.7 Å². The molecular weight excluding hydrogens is 374 g/mol. The monoisotopic (exact) mass is 401 g/mol. The molecule has 146 valence electrons. The normalized spacial score (nSPS) is 24.7. The fourth-order valence-corrected chi connectivity index (χ4v) is 5.29. The fraction of sp³-hybridized carbons (Fsp3) is 0.611. The third-order valence-electron chi connectivity index (χ3n) is 5.34. The number of nitrogens with zero attached hydrogens (tertiary/aromatic N) is 2. The van der Waals surface area contributed by atoms with Gasteiger partial charge in [0.15, 0.2) is 0 Å². The Morgan fingerprint density at radius 2 is 1.77 bits per heavy atom. The molecule has 0 bridgehead atoms. The fourth-order valence-electron chi connectivity index (χ4n) is 3.80. The average molecular weight is 402 g/mol. The predicted octanol–water partition coefficient (Wildman–Crippen LogP) is 1.85. The molecule has 1 aliphatic carbocycles. The molecule has 0 spiro atoms. The number of hydrogen-bond acceptors (Lipinski definition) is 4. The Kier molecular flexibility index (Phi) is 7.46.